The van der Waals surface area contributed by atoms with Crippen molar-refractivity contribution in [2.24, 2.45) is 5.41 Å². The van der Waals surface area contributed by atoms with Crippen LogP contribution < -0.4 is 5.32 Å². The third kappa shape index (κ3) is 6.30. The quantitative estimate of drug-likeness (QED) is 0.699. The molecule has 84 valence electrons. The molecular weight excluding hydrogens is 194 g/mol. The van der Waals surface area contributed by atoms with Crippen LogP contribution in [0.3, 0.4) is 0 Å². The molecule has 0 aliphatic carbocycles. The zero-order valence-electron chi connectivity index (χ0n) is 10.1. The Bertz CT molecular complexity index is 204. The second-order valence-corrected chi connectivity index (χ2v) is 6.56. The van der Waals surface area contributed by atoms with Crippen molar-refractivity contribution in [1.29, 1.82) is 0 Å². The molecule has 2 nitrogen and oxygen atoms in total. The van der Waals surface area contributed by atoms with Gasteiger partial charge in [-0.05, 0) is 32.6 Å². The molecule has 0 saturated carbocycles. The lowest BCUT2D eigenvalue weighted by molar-refractivity contribution is -0.122. The molecule has 0 radical (unpaired) electrons. The maximum Gasteiger partial charge on any atom is 0.232 e. The van der Waals surface area contributed by atoms with Gasteiger partial charge in [0, 0.05) is 5.54 Å². The standard InChI is InChI=1S/C11H23NOS/c1-8(14)9(13)12-11(5,6)7-10(2,3)4/h8,14H,7H2,1-6H3,(H,12,13). The van der Waals surface area contributed by atoms with Crippen LogP contribution in [0, 0.1) is 5.41 Å². The van der Waals surface area contributed by atoms with E-state index in [1.54, 1.807) is 6.92 Å². The largest absolute Gasteiger partial charge is 0.350 e. The van der Waals surface area contributed by atoms with E-state index in [0.29, 0.717) is 0 Å². The average molecular weight is 217 g/mol. The first-order chi connectivity index (χ1) is 6.03. The summed E-state index contributed by atoms with van der Waals surface area (Å²) in [6, 6.07) is 0. The van der Waals surface area contributed by atoms with Crippen molar-refractivity contribution < 1.29 is 4.79 Å². The van der Waals surface area contributed by atoms with Gasteiger partial charge < -0.3 is 5.32 Å². The number of rotatable bonds is 3. The lowest BCUT2D eigenvalue weighted by Gasteiger charge is -2.33. The zero-order chi connectivity index (χ0) is 11.6. The van der Waals surface area contributed by atoms with Crippen LogP contribution in [0.4, 0.5) is 0 Å². The Labute approximate surface area is 93.3 Å². The van der Waals surface area contributed by atoms with E-state index in [1.807, 2.05) is 13.8 Å². The minimum atomic E-state index is -0.241. The Kier molecular flexibility index (Phi) is 4.50. The number of amides is 1. The van der Waals surface area contributed by atoms with Gasteiger partial charge in [-0.3, -0.25) is 4.79 Å². The third-order valence-corrected chi connectivity index (χ3v) is 2.05. The Balaban J connectivity index is 4.28. The molecule has 3 heteroatoms. The molecule has 0 aliphatic rings. The number of hydrogen-bond acceptors (Lipinski definition) is 2. The highest BCUT2D eigenvalue weighted by Crippen LogP contribution is 2.26. The first kappa shape index (κ1) is 13.8. The molecule has 0 spiro atoms. The molecule has 0 bridgehead atoms. The van der Waals surface area contributed by atoms with Gasteiger partial charge in [-0.15, -0.1) is 0 Å². The van der Waals surface area contributed by atoms with Gasteiger partial charge in [0.25, 0.3) is 0 Å². The summed E-state index contributed by atoms with van der Waals surface area (Å²) in [6.07, 6.45) is 0.951. The highest BCUT2D eigenvalue weighted by molar-refractivity contribution is 7.81. The topological polar surface area (TPSA) is 29.1 Å². The molecule has 0 aromatic carbocycles. The minimum Gasteiger partial charge on any atom is -0.350 e. The van der Waals surface area contributed by atoms with Crippen molar-refractivity contribution in [1.82, 2.24) is 5.32 Å². The minimum absolute atomic E-state index is 0.00239. The number of carbonyl (C=O) groups excluding carboxylic acids is 1. The van der Waals surface area contributed by atoms with Crippen molar-refractivity contribution in [3.63, 3.8) is 0 Å². The summed E-state index contributed by atoms with van der Waals surface area (Å²) >= 11 is 4.10. The summed E-state index contributed by atoms with van der Waals surface area (Å²) in [5.74, 6) is 0.00239. The van der Waals surface area contributed by atoms with Crippen LogP contribution in [0.5, 0.6) is 0 Å². The van der Waals surface area contributed by atoms with Crippen LogP contribution in [-0.4, -0.2) is 16.7 Å². The van der Waals surface area contributed by atoms with Crippen molar-refractivity contribution in [3.8, 4) is 0 Å². The van der Waals surface area contributed by atoms with E-state index >= 15 is 0 Å². The maximum absolute atomic E-state index is 11.5. The van der Waals surface area contributed by atoms with Crippen LogP contribution in [0.2, 0.25) is 0 Å². The number of thiol groups is 1. The Morgan fingerprint density at radius 3 is 2.00 bits per heavy atom. The smallest absolute Gasteiger partial charge is 0.232 e. The van der Waals surface area contributed by atoms with Gasteiger partial charge in [0.1, 0.15) is 0 Å². The van der Waals surface area contributed by atoms with E-state index in [0.717, 1.165) is 6.42 Å². The molecule has 0 aromatic rings. The van der Waals surface area contributed by atoms with Gasteiger partial charge in [-0.25, -0.2) is 0 Å². The molecule has 0 aliphatic heterocycles. The summed E-state index contributed by atoms with van der Waals surface area (Å²) in [6.45, 7) is 12.4. The lowest BCUT2D eigenvalue weighted by Crippen LogP contribution is -2.48. The van der Waals surface area contributed by atoms with Crippen LogP contribution in [-0.2, 0) is 4.79 Å². The van der Waals surface area contributed by atoms with Crippen molar-refractivity contribution >= 4 is 18.5 Å². The zero-order valence-corrected chi connectivity index (χ0v) is 11.0. The van der Waals surface area contributed by atoms with E-state index in [1.165, 1.54) is 0 Å². The van der Waals surface area contributed by atoms with E-state index in [9.17, 15) is 4.79 Å². The molecule has 0 rings (SSSR count). The number of carbonyl (C=O) groups is 1. The second kappa shape index (κ2) is 4.56. The fraction of sp³-hybridized carbons (Fsp3) is 0.909. The maximum atomic E-state index is 11.5. The van der Waals surface area contributed by atoms with Gasteiger partial charge in [0.2, 0.25) is 5.91 Å². The van der Waals surface area contributed by atoms with E-state index in [4.69, 9.17) is 0 Å². The molecule has 1 atom stereocenters. The first-order valence-corrected chi connectivity index (χ1v) is 5.55. The molecule has 0 aromatic heterocycles. The van der Waals surface area contributed by atoms with E-state index < -0.39 is 0 Å². The Morgan fingerprint density at radius 2 is 1.71 bits per heavy atom. The fourth-order valence-electron chi connectivity index (χ4n) is 1.81. The summed E-state index contributed by atoms with van der Waals surface area (Å²) in [7, 11) is 0. The van der Waals surface area contributed by atoms with Crippen LogP contribution in [0.1, 0.15) is 48.0 Å². The Morgan fingerprint density at radius 1 is 1.29 bits per heavy atom. The summed E-state index contributed by atoms with van der Waals surface area (Å²) in [4.78, 5) is 11.5. The van der Waals surface area contributed by atoms with Gasteiger partial charge in [-0.1, -0.05) is 20.8 Å². The SMILES string of the molecule is CC(S)C(=O)NC(C)(C)CC(C)(C)C. The van der Waals surface area contributed by atoms with Crippen molar-refractivity contribution in [2.75, 3.05) is 0 Å². The van der Waals surface area contributed by atoms with Gasteiger partial charge in [0.15, 0.2) is 0 Å². The summed E-state index contributed by atoms with van der Waals surface area (Å²) in [5, 5.41) is 2.76. The molecule has 1 N–H and O–H groups in total. The predicted molar refractivity (Wildman–Crippen MR) is 64.7 cm³/mol. The molecule has 1 amide bonds. The van der Waals surface area contributed by atoms with E-state index in [2.05, 4.69) is 38.7 Å². The predicted octanol–water partition coefficient (Wildman–Crippen LogP) is 2.64. The summed E-state index contributed by atoms with van der Waals surface area (Å²) < 4.78 is 0. The monoisotopic (exact) mass is 217 g/mol. The molecule has 0 fully saturated rings. The van der Waals surface area contributed by atoms with Crippen LogP contribution >= 0.6 is 12.6 Å². The second-order valence-electron chi connectivity index (χ2n) is 5.79. The van der Waals surface area contributed by atoms with Crippen molar-refractivity contribution in [3.05, 3.63) is 0 Å². The fourth-order valence-corrected chi connectivity index (χ4v) is 1.87. The highest BCUT2D eigenvalue weighted by Gasteiger charge is 2.27. The molecule has 14 heavy (non-hydrogen) atoms. The van der Waals surface area contributed by atoms with Gasteiger partial charge in [-0.2, -0.15) is 12.6 Å². The normalized spacial score (nSPS) is 15.1. The number of hydrogen-bond donors (Lipinski definition) is 2. The highest BCUT2D eigenvalue weighted by atomic mass is 32.1. The average Bonchev–Trinajstić information content (AvgIpc) is 1.78. The van der Waals surface area contributed by atoms with Crippen LogP contribution in [0.25, 0.3) is 0 Å². The molecule has 1 unspecified atom stereocenters. The van der Waals surface area contributed by atoms with Crippen molar-refractivity contribution in [2.45, 2.75) is 58.8 Å². The Hall–Kier alpha value is -0.180. The summed E-state index contributed by atoms with van der Waals surface area (Å²) in [5.41, 5.74) is 0.0585. The third-order valence-electron chi connectivity index (χ3n) is 1.81. The molecule has 0 heterocycles. The molecular formula is C11H23NOS. The van der Waals surface area contributed by atoms with E-state index in [-0.39, 0.29) is 22.1 Å². The van der Waals surface area contributed by atoms with Gasteiger partial charge >= 0.3 is 0 Å². The van der Waals surface area contributed by atoms with Gasteiger partial charge in [0.05, 0.1) is 5.25 Å². The molecule has 0 saturated heterocycles. The lowest BCUT2D eigenvalue weighted by atomic mass is 9.82. The van der Waals surface area contributed by atoms with Crippen LogP contribution in [0.15, 0.2) is 0 Å². The number of nitrogens with one attached hydrogen (secondary N) is 1. The first-order valence-electron chi connectivity index (χ1n) is 5.04.